The second-order valence-electron chi connectivity index (χ2n) is 6.20. The molecule has 0 aliphatic heterocycles. The van der Waals surface area contributed by atoms with Gasteiger partial charge in [-0.3, -0.25) is 4.79 Å². The first-order valence-electron chi connectivity index (χ1n) is 7.65. The largest absolute Gasteiger partial charge is 0.512 e. The highest BCUT2D eigenvalue weighted by atomic mass is 16.5. The summed E-state index contributed by atoms with van der Waals surface area (Å²) in [7, 11) is 0. The molecule has 0 amide bonds. The summed E-state index contributed by atoms with van der Waals surface area (Å²) in [5, 5.41) is 10.3. The van der Waals surface area contributed by atoms with Crippen LogP contribution in [0.25, 0.3) is 0 Å². The Morgan fingerprint density at radius 3 is 2.09 bits per heavy atom. The summed E-state index contributed by atoms with van der Waals surface area (Å²) in [6.07, 6.45) is 0.415. The number of carbonyl (C=O) groups excluding carboxylic acids is 3. The fourth-order valence-electron chi connectivity index (χ4n) is 2.56. The summed E-state index contributed by atoms with van der Waals surface area (Å²) in [4.78, 5) is 36.7. The van der Waals surface area contributed by atoms with Crippen molar-refractivity contribution < 1.29 is 29.0 Å². The number of aliphatic hydroxyl groups excluding tert-OH is 1. The molecule has 1 aliphatic carbocycles. The number of esters is 2. The van der Waals surface area contributed by atoms with Crippen LogP contribution in [0.1, 0.15) is 47.5 Å². The highest BCUT2D eigenvalue weighted by Gasteiger charge is 2.38. The van der Waals surface area contributed by atoms with Gasteiger partial charge in [0.2, 0.25) is 0 Å². The minimum atomic E-state index is -0.812. The molecule has 0 bridgehead atoms. The Morgan fingerprint density at radius 1 is 1.09 bits per heavy atom. The van der Waals surface area contributed by atoms with Crippen molar-refractivity contribution in [3.63, 3.8) is 0 Å². The molecule has 6 nitrogen and oxygen atoms in total. The molecule has 0 spiro atoms. The molecule has 1 rings (SSSR count). The number of Topliss-reactive ketones (excluding diaryl/α,β-unsaturated/α-hetero) is 1. The maximum Gasteiger partial charge on any atom is 0.339 e. The van der Waals surface area contributed by atoms with Crippen molar-refractivity contribution in [2.24, 2.45) is 5.41 Å². The Hall–Kier alpha value is -2.11. The normalized spacial score (nSPS) is 18.4. The van der Waals surface area contributed by atoms with E-state index in [9.17, 15) is 19.5 Å². The third-order valence-electron chi connectivity index (χ3n) is 3.54. The van der Waals surface area contributed by atoms with Gasteiger partial charge in [-0.25, -0.2) is 9.59 Å². The van der Waals surface area contributed by atoms with Gasteiger partial charge in [0.15, 0.2) is 5.78 Å². The molecule has 0 saturated heterocycles. The van der Waals surface area contributed by atoms with Crippen molar-refractivity contribution in [2.45, 2.75) is 47.5 Å². The van der Waals surface area contributed by atoms with E-state index in [-0.39, 0.29) is 54.3 Å². The second-order valence-corrected chi connectivity index (χ2v) is 6.20. The van der Waals surface area contributed by atoms with Crippen LogP contribution in [-0.4, -0.2) is 36.0 Å². The number of allylic oxidation sites excluding steroid dienone is 1. The number of rotatable bonds is 5. The van der Waals surface area contributed by atoms with Crippen LogP contribution in [-0.2, 0) is 23.9 Å². The zero-order valence-corrected chi connectivity index (χ0v) is 14.3. The molecule has 0 atom stereocenters. The van der Waals surface area contributed by atoms with Crippen LogP contribution in [0, 0.1) is 5.41 Å². The lowest BCUT2D eigenvalue weighted by Crippen LogP contribution is -2.30. The van der Waals surface area contributed by atoms with Crippen LogP contribution in [0.15, 0.2) is 22.5 Å². The molecule has 1 aliphatic rings. The van der Waals surface area contributed by atoms with Gasteiger partial charge < -0.3 is 14.6 Å². The maximum absolute atomic E-state index is 12.4. The molecule has 1 N–H and O–H groups in total. The van der Waals surface area contributed by atoms with Crippen LogP contribution < -0.4 is 0 Å². The average molecular weight is 324 g/mol. The molecule has 23 heavy (non-hydrogen) atoms. The van der Waals surface area contributed by atoms with Gasteiger partial charge in [0.25, 0.3) is 0 Å². The molecule has 0 aromatic heterocycles. The lowest BCUT2D eigenvalue weighted by molar-refractivity contribution is -0.141. The molecule has 6 heteroatoms. The molecule has 0 heterocycles. The Balaban J connectivity index is 3.47. The van der Waals surface area contributed by atoms with E-state index in [2.05, 4.69) is 0 Å². The topological polar surface area (TPSA) is 89.9 Å². The fourth-order valence-corrected chi connectivity index (χ4v) is 2.56. The number of ether oxygens (including phenoxy) is 2. The number of hydrogen-bond donors (Lipinski definition) is 1. The van der Waals surface area contributed by atoms with Gasteiger partial charge >= 0.3 is 11.9 Å². The van der Waals surface area contributed by atoms with Gasteiger partial charge in [0, 0.05) is 18.4 Å². The van der Waals surface area contributed by atoms with Gasteiger partial charge in [-0.2, -0.15) is 0 Å². The monoisotopic (exact) mass is 324 g/mol. The van der Waals surface area contributed by atoms with E-state index >= 15 is 0 Å². The third kappa shape index (κ3) is 4.43. The Labute approximate surface area is 136 Å². The molecule has 0 radical (unpaired) electrons. The number of ketones is 1. The van der Waals surface area contributed by atoms with Crippen LogP contribution in [0.5, 0.6) is 0 Å². The summed E-state index contributed by atoms with van der Waals surface area (Å²) >= 11 is 0. The fraction of sp³-hybridized carbons (Fsp3) is 0.588. The maximum atomic E-state index is 12.4. The van der Waals surface area contributed by atoms with Crippen molar-refractivity contribution in [2.75, 3.05) is 13.2 Å². The first kappa shape index (κ1) is 18.9. The summed E-state index contributed by atoms with van der Waals surface area (Å²) in [5.74, 6) is -2.11. The molecule has 0 saturated carbocycles. The van der Waals surface area contributed by atoms with E-state index in [0.29, 0.717) is 0 Å². The standard InChI is InChI=1S/C17H24O6/c1-6-22-15(20)10(3)13(16(21)23-7-2)14-11(18)8-17(4,5)9-12(14)19/h18H,6-9H2,1-5H3/b13-10+. The van der Waals surface area contributed by atoms with Gasteiger partial charge in [-0.1, -0.05) is 13.8 Å². The Morgan fingerprint density at radius 2 is 1.61 bits per heavy atom. The predicted molar refractivity (Wildman–Crippen MR) is 83.6 cm³/mol. The molecular formula is C17H24O6. The second kappa shape index (κ2) is 7.44. The smallest absolute Gasteiger partial charge is 0.339 e. The zero-order valence-electron chi connectivity index (χ0n) is 14.3. The number of hydrogen-bond acceptors (Lipinski definition) is 6. The zero-order chi connectivity index (χ0) is 17.8. The van der Waals surface area contributed by atoms with Crippen molar-refractivity contribution in [1.29, 1.82) is 0 Å². The Kier molecular flexibility index (Phi) is 6.12. The molecule has 0 fully saturated rings. The Bertz CT molecular complexity index is 580. The van der Waals surface area contributed by atoms with Crippen LogP contribution in [0.4, 0.5) is 0 Å². The van der Waals surface area contributed by atoms with E-state index in [1.54, 1.807) is 13.8 Å². The minimum absolute atomic E-state index is 0.0418. The first-order valence-corrected chi connectivity index (χ1v) is 7.65. The van der Waals surface area contributed by atoms with Gasteiger partial charge in [-0.15, -0.1) is 0 Å². The highest BCUT2D eigenvalue weighted by molar-refractivity contribution is 6.14. The van der Waals surface area contributed by atoms with Crippen molar-refractivity contribution in [3.05, 3.63) is 22.5 Å². The molecule has 128 valence electrons. The minimum Gasteiger partial charge on any atom is -0.512 e. The van der Waals surface area contributed by atoms with Crippen LogP contribution >= 0.6 is 0 Å². The van der Waals surface area contributed by atoms with E-state index in [1.807, 2.05) is 13.8 Å². The van der Waals surface area contributed by atoms with Gasteiger partial charge in [0.1, 0.15) is 5.76 Å². The van der Waals surface area contributed by atoms with Crippen molar-refractivity contribution in [1.82, 2.24) is 0 Å². The van der Waals surface area contributed by atoms with E-state index < -0.39 is 17.4 Å². The average Bonchev–Trinajstić information content (AvgIpc) is 2.41. The molecular weight excluding hydrogens is 300 g/mol. The predicted octanol–water partition coefficient (Wildman–Crippen LogP) is 2.63. The van der Waals surface area contributed by atoms with Crippen molar-refractivity contribution in [3.8, 4) is 0 Å². The van der Waals surface area contributed by atoms with E-state index in [4.69, 9.17) is 9.47 Å². The number of aliphatic hydroxyl groups is 1. The SMILES string of the molecule is CCOC(=O)/C(C)=C(/C(=O)OCC)C1=C(O)CC(C)(C)CC1=O. The summed E-state index contributed by atoms with van der Waals surface area (Å²) in [6, 6.07) is 0. The lowest BCUT2D eigenvalue weighted by Gasteiger charge is -2.30. The summed E-state index contributed by atoms with van der Waals surface area (Å²) in [5.41, 5.74) is -0.779. The lowest BCUT2D eigenvalue weighted by atomic mass is 9.74. The third-order valence-corrected chi connectivity index (χ3v) is 3.54. The quantitative estimate of drug-likeness (QED) is 0.617. The number of carbonyl (C=O) groups is 3. The first-order chi connectivity index (χ1) is 10.6. The molecule has 0 aromatic rings. The van der Waals surface area contributed by atoms with Crippen LogP contribution in [0.3, 0.4) is 0 Å². The molecule has 0 unspecified atom stereocenters. The molecule has 0 aromatic carbocycles. The highest BCUT2D eigenvalue weighted by Crippen LogP contribution is 2.39. The van der Waals surface area contributed by atoms with E-state index in [1.165, 1.54) is 6.92 Å². The summed E-state index contributed by atoms with van der Waals surface area (Å²) < 4.78 is 9.85. The van der Waals surface area contributed by atoms with Gasteiger partial charge in [-0.05, 0) is 26.2 Å². The van der Waals surface area contributed by atoms with Crippen LogP contribution in [0.2, 0.25) is 0 Å². The van der Waals surface area contributed by atoms with Crippen molar-refractivity contribution >= 4 is 17.7 Å². The van der Waals surface area contributed by atoms with Gasteiger partial charge in [0.05, 0.1) is 24.4 Å². The van der Waals surface area contributed by atoms with E-state index in [0.717, 1.165) is 0 Å². The summed E-state index contributed by atoms with van der Waals surface area (Å²) in [6.45, 7) is 8.57.